The summed E-state index contributed by atoms with van der Waals surface area (Å²) in [6.07, 6.45) is 6.82. The number of aromatic nitrogens is 1. The van der Waals surface area contributed by atoms with Gasteiger partial charge in [0.15, 0.2) is 0 Å². The quantitative estimate of drug-likeness (QED) is 0.624. The number of hydrogen-bond donors (Lipinski definition) is 2. The molecule has 1 atom stereocenters. The molecule has 1 unspecified atom stereocenters. The third-order valence-corrected chi connectivity index (χ3v) is 2.48. The monoisotopic (exact) mass is 247 g/mol. The lowest BCUT2D eigenvalue weighted by Gasteiger charge is -2.16. The molecule has 5 heteroatoms. The Bertz CT molecular complexity index is 483. The van der Waals surface area contributed by atoms with Crippen LogP contribution in [0, 0.1) is 0 Å². The Hall–Kier alpha value is -1.85. The van der Waals surface area contributed by atoms with Crippen LogP contribution >= 0.6 is 0 Å². The second-order valence-electron chi connectivity index (χ2n) is 4.28. The number of furan rings is 1. The van der Waals surface area contributed by atoms with Gasteiger partial charge in [0.2, 0.25) is 0 Å². The van der Waals surface area contributed by atoms with Crippen LogP contribution in [0.4, 0.5) is 0 Å². The van der Waals surface area contributed by atoms with Gasteiger partial charge in [-0.25, -0.2) is 5.43 Å². The molecular weight excluding hydrogens is 230 g/mol. The van der Waals surface area contributed by atoms with Gasteiger partial charge in [0.05, 0.1) is 30.9 Å². The predicted molar refractivity (Wildman–Crippen MR) is 67.9 cm³/mol. The lowest BCUT2D eigenvalue weighted by molar-refractivity contribution is 0.241. The molecule has 0 fully saturated rings. The summed E-state index contributed by atoms with van der Waals surface area (Å²) in [6.45, 7) is 3.95. The first-order valence-electron chi connectivity index (χ1n) is 5.80. The second-order valence-corrected chi connectivity index (χ2v) is 4.28. The van der Waals surface area contributed by atoms with Gasteiger partial charge in [-0.2, -0.15) is 0 Å². The summed E-state index contributed by atoms with van der Waals surface area (Å²) in [4.78, 5) is 4.17. The average Bonchev–Trinajstić information content (AvgIpc) is 2.83. The highest BCUT2D eigenvalue weighted by molar-refractivity contribution is 5.32. The van der Waals surface area contributed by atoms with E-state index in [2.05, 4.69) is 10.4 Å². The molecule has 0 amide bonds. The van der Waals surface area contributed by atoms with E-state index >= 15 is 0 Å². The molecule has 2 aromatic heterocycles. The standard InChI is InChI=1S/C13H17N3O2/c1-9(2)18-12-5-11(6-15-7-12)13(16-14)10-3-4-17-8-10/h3-9,13,16H,14H2,1-2H3. The molecule has 2 rings (SSSR count). The molecule has 0 aliphatic rings. The highest BCUT2D eigenvalue weighted by Crippen LogP contribution is 2.24. The molecule has 0 aliphatic heterocycles. The Morgan fingerprint density at radius 1 is 1.33 bits per heavy atom. The summed E-state index contributed by atoms with van der Waals surface area (Å²) >= 11 is 0. The first kappa shape index (κ1) is 12.6. The lowest BCUT2D eigenvalue weighted by Crippen LogP contribution is -2.28. The number of hydrazine groups is 1. The maximum atomic E-state index is 5.61. The fourth-order valence-electron chi connectivity index (χ4n) is 1.75. The Labute approximate surface area is 106 Å². The van der Waals surface area contributed by atoms with Gasteiger partial charge in [-0.05, 0) is 31.5 Å². The van der Waals surface area contributed by atoms with Gasteiger partial charge >= 0.3 is 0 Å². The number of nitrogens with one attached hydrogen (secondary N) is 1. The van der Waals surface area contributed by atoms with E-state index in [0.29, 0.717) is 0 Å². The maximum Gasteiger partial charge on any atom is 0.138 e. The average molecular weight is 247 g/mol. The summed E-state index contributed by atoms with van der Waals surface area (Å²) in [7, 11) is 0. The summed E-state index contributed by atoms with van der Waals surface area (Å²) in [5.74, 6) is 6.32. The SMILES string of the molecule is CC(C)Oc1cncc(C(NN)c2ccoc2)c1. The van der Waals surface area contributed by atoms with Gasteiger partial charge in [-0.3, -0.25) is 10.8 Å². The minimum absolute atomic E-state index is 0.111. The lowest BCUT2D eigenvalue weighted by atomic mass is 10.0. The number of rotatable bonds is 5. The van der Waals surface area contributed by atoms with Crippen LogP contribution in [0.1, 0.15) is 31.0 Å². The van der Waals surface area contributed by atoms with Gasteiger partial charge in [0.25, 0.3) is 0 Å². The summed E-state index contributed by atoms with van der Waals surface area (Å²) < 4.78 is 10.7. The first-order valence-corrected chi connectivity index (χ1v) is 5.80. The van der Waals surface area contributed by atoms with Gasteiger partial charge in [0, 0.05) is 11.8 Å². The van der Waals surface area contributed by atoms with Crippen molar-refractivity contribution in [2.75, 3.05) is 0 Å². The van der Waals surface area contributed by atoms with Crippen molar-refractivity contribution in [3.8, 4) is 5.75 Å². The van der Waals surface area contributed by atoms with Crippen LogP contribution < -0.4 is 16.0 Å². The van der Waals surface area contributed by atoms with Gasteiger partial charge in [-0.1, -0.05) is 0 Å². The van der Waals surface area contributed by atoms with E-state index in [1.54, 1.807) is 24.9 Å². The number of nitrogens with two attached hydrogens (primary N) is 1. The molecule has 0 aliphatic carbocycles. The van der Waals surface area contributed by atoms with Gasteiger partial charge in [0.1, 0.15) is 5.75 Å². The largest absolute Gasteiger partial charge is 0.489 e. The van der Waals surface area contributed by atoms with Crippen LogP contribution in [0.15, 0.2) is 41.5 Å². The van der Waals surface area contributed by atoms with Crippen LogP contribution in [-0.4, -0.2) is 11.1 Å². The first-order chi connectivity index (χ1) is 8.70. The molecule has 0 radical (unpaired) electrons. The molecule has 2 heterocycles. The molecule has 0 saturated carbocycles. The molecule has 3 N–H and O–H groups in total. The smallest absolute Gasteiger partial charge is 0.138 e. The fraction of sp³-hybridized carbons (Fsp3) is 0.308. The van der Waals surface area contributed by atoms with Crippen LogP contribution in [0.2, 0.25) is 0 Å². The molecule has 18 heavy (non-hydrogen) atoms. The summed E-state index contributed by atoms with van der Waals surface area (Å²) in [5, 5.41) is 0. The highest BCUT2D eigenvalue weighted by atomic mass is 16.5. The molecule has 0 bridgehead atoms. The molecule has 96 valence electrons. The maximum absolute atomic E-state index is 5.61. The van der Waals surface area contributed by atoms with Crippen LogP contribution in [0.5, 0.6) is 5.75 Å². The summed E-state index contributed by atoms with van der Waals surface area (Å²) in [5.41, 5.74) is 4.62. The minimum atomic E-state index is -0.160. The Balaban J connectivity index is 2.26. The zero-order valence-corrected chi connectivity index (χ0v) is 10.5. The second kappa shape index (κ2) is 5.66. The van der Waals surface area contributed by atoms with Crippen molar-refractivity contribution in [1.29, 1.82) is 0 Å². The Morgan fingerprint density at radius 3 is 2.78 bits per heavy atom. The minimum Gasteiger partial charge on any atom is -0.489 e. The van der Waals surface area contributed by atoms with Gasteiger partial charge < -0.3 is 9.15 Å². The van der Waals surface area contributed by atoms with E-state index in [4.69, 9.17) is 15.0 Å². The van der Waals surface area contributed by atoms with E-state index in [-0.39, 0.29) is 12.1 Å². The summed E-state index contributed by atoms with van der Waals surface area (Å²) in [6, 6.07) is 3.62. The highest BCUT2D eigenvalue weighted by Gasteiger charge is 2.14. The van der Waals surface area contributed by atoms with E-state index in [9.17, 15) is 0 Å². The van der Waals surface area contributed by atoms with Crippen molar-refractivity contribution in [2.45, 2.75) is 26.0 Å². The Kier molecular flexibility index (Phi) is 3.96. The van der Waals surface area contributed by atoms with Crippen molar-refractivity contribution in [2.24, 2.45) is 5.84 Å². The number of pyridine rings is 1. The third kappa shape index (κ3) is 2.88. The topological polar surface area (TPSA) is 73.3 Å². The molecule has 0 aromatic carbocycles. The molecule has 0 spiro atoms. The third-order valence-electron chi connectivity index (χ3n) is 2.48. The van der Waals surface area contributed by atoms with E-state index in [1.807, 2.05) is 26.0 Å². The van der Waals surface area contributed by atoms with Crippen molar-refractivity contribution in [3.05, 3.63) is 48.2 Å². The zero-order chi connectivity index (χ0) is 13.0. The van der Waals surface area contributed by atoms with Crippen LogP contribution in [0.25, 0.3) is 0 Å². The van der Waals surface area contributed by atoms with E-state index in [0.717, 1.165) is 16.9 Å². The van der Waals surface area contributed by atoms with Crippen molar-refractivity contribution in [1.82, 2.24) is 10.4 Å². The molecular formula is C13H17N3O2. The van der Waals surface area contributed by atoms with Crippen LogP contribution in [-0.2, 0) is 0 Å². The molecule has 5 nitrogen and oxygen atoms in total. The van der Waals surface area contributed by atoms with E-state index < -0.39 is 0 Å². The van der Waals surface area contributed by atoms with Crippen molar-refractivity contribution >= 4 is 0 Å². The number of hydrogen-bond acceptors (Lipinski definition) is 5. The molecule has 2 aromatic rings. The zero-order valence-electron chi connectivity index (χ0n) is 10.5. The van der Waals surface area contributed by atoms with Crippen molar-refractivity contribution < 1.29 is 9.15 Å². The number of ether oxygens (including phenoxy) is 1. The fourth-order valence-corrected chi connectivity index (χ4v) is 1.75. The Morgan fingerprint density at radius 2 is 2.17 bits per heavy atom. The van der Waals surface area contributed by atoms with Gasteiger partial charge in [-0.15, -0.1) is 0 Å². The van der Waals surface area contributed by atoms with E-state index in [1.165, 1.54) is 0 Å². The number of nitrogens with zero attached hydrogens (tertiary/aromatic N) is 1. The van der Waals surface area contributed by atoms with Crippen molar-refractivity contribution in [3.63, 3.8) is 0 Å². The normalized spacial score (nSPS) is 12.7. The predicted octanol–water partition coefficient (Wildman–Crippen LogP) is 2.01. The van der Waals surface area contributed by atoms with Crippen LogP contribution in [0.3, 0.4) is 0 Å². The molecule has 0 saturated heterocycles.